The van der Waals surface area contributed by atoms with Gasteiger partial charge in [0.05, 0.1) is 11.6 Å². The molecule has 0 bridgehead atoms. The van der Waals surface area contributed by atoms with Crippen LogP contribution in [-0.2, 0) is 11.3 Å². The Hall–Kier alpha value is -2.27. The summed E-state index contributed by atoms with van der Waals surface area (Å²) in [4.78, 5) is 15.4. The van der Waals surface area contributed by atoms with E-state index in [0.717, 1.165) is 67.7 Å². The van der Waals surface area contributed by atoms with E-state index in [0.29, 0.717) is 13.2 Å². The highest BCUT2D eigenvalue weighted by Crippen LogP contribution is 2.31. The average Bonchev–Trinajstić information content (AvgIpc) is 3.12. The summed E-state index contributed by atoms with van der Waals surface area (Å²) in [5.41, 5.74) is 1.79. The predicted molar refractivity (Wildman–Crippen MR) is 111 cm³/mol. The van der Waals surface area contributed by atoms with Crippen LogP contribution >= 0.6 is 0 Å². The summed E-state index contributed by atoms with van der Waals surface area (Å²) >= 11 is 0. The van der Waals surface area contributed by atoms with Crippen LogP contribution in [0, 0.1) is 0 Å². The maximum Gasteiger partial charge on any atom is 0.270 e. The van der Waals surface area contributed by atoms with Crippen molar-refractivity contribution in [1.82, 2.24) is 9.47 Å². The minimum Gasteiger partial charge on any atom is -0.489 e. The summed E-state index contributed by atoms with van der Waals surface area (Å²) in [6.45, 7) is 7.41. The largest absolute Gasteiger partial charge is 0.489 e. The minimum atomic E-state index is 0.126. The van der Waals surface area contributed by atoms with Crippen LogP contribution in [0.5, 0.6) is 5.75 Å². The quantitative estimate of drug-likeness (QED) is 0.696. The standard InChI is InChI=1S/C23H30N2O3/c1-2-14-28-22-11-8-10-20-19(22)16-21(23(26)24-12-5-3-6-13-24)25(20)17-18-9-4-7-15-27-18/h2,8,10-11,16,18H,1,3-7,9,12-15,17H2. The van der Waals surface area contributed by atoms with Gasteiger partial charge in [-0.3, -0.25) is 4.79 Å². The number of aromatic nitrogens is 1. The Labute approximate surface area is 166 Å². The first kappa shape index (κ1) is 19.1. The Morgan fingerprint density at radius 2 is 2.07 bits per heavy atom. The summed E-state index contributed by atoms with van der Waals surface area (Å²) in [6, 6.07) is 8.04. The molecule has 4 rings (SSSR count). The number of piperidine rings is 1. The second kappa shape index (κ2) is 8.82. The molecule has 0 saturated carbocycles. The molecule has 0 spiro atoms. The fourth-order valence-corrected chi connectivity index (χ4v) is 4.32. The molecule has 150 valence electrons. The topological polar surface area (TPSA) is 43.7 Å². The fraction of sp³-hybridized carbons (Fsp3) is 0.522. The Kier molecular flexibility index (Phi) is 6.01. The zero-order valence-electron chi connectivity index (χ0n) is 16.6. The number of nitrogens with zero attached hydrogens (tertiary/aromatic N) is 2. The van der Waals surface area contributed by atoms with Crippen molar-refractivity contribution in [3.63, 3.8) is 0 Å². The van der Waals surface area contributed by atoms with Crippen molar-refractivity contribution in [1.29, 1.82) is 0 Å². The third kappa shape index (κ3) is 3.95. The van der Waals surface area contributed by atoms with Crippen molar-refractivity contribution in [2.75, 3.05) is 26.3 Å². The lowest BCUT2D eigenvalue weighted by Gasteiger charge is -2.28. The predicted octanol–water partition coefficient (Wildman–Crippen LogP) is 4.40. The summed E-state index contributed by atoms with van der Waals surface area (Å²) < 4.78 is 14.0. The molecule has 2 aromatic rings. The monoisotopic (exact) mass is 382 g/mol. The van der Waals surface area contributed by atoms with Gasteiger partial charge in [-0.2, -0.15) is 0 Å². The molecule has 5 heteroatoms. The Morgan fingerprint density at radius 1 is 1.21 bits per heavy atom. The van der Waals surface area contributed by atoms with Crippen LogP contribution in [0.4, 0.5) is 0 Å². The highest BCUT2D eigenvalue weighted by atomic mass is 16.5. The van der Waals surface area contributed by atoms with Crippen LogP contribution in [0.2, 0.25) is 0 Å². The summed E-state index contributed by atoms with van der Waals surface area (Å²) in [6.07, 6.45) is 8.65. The van der Waals surface area contributed by atoms with Gasteiger partial charge in [-0.15, -0.1) is 0 Å². The van der Waals surface area contributed by atoms with Gasteiger partial charge in [0.15, 0.2) is 0 Å². The summed E-state index contributed by atoms with van der Waals surface area (Å²) in [7, 11) is 0. The number of ether oxygens (including phenoxy) is 2. The molecule has 1 amide bonds. The van der Waals surface area contributed by atoms with E-state index in [1.165, 1.54) is 12.8 Å². The Bertz CT molecular complexity index is 830. The lowest BCUT2D eigenvalue weighted by atomic mass is 10.1. The van der Waals surface area contributed by atoms with Gasteiger partial charge in [-0.05, 0) is 56.7 Å². The maximum atomic E-state index is 13.4. The number of likely N-dealkylation sites (tertiary alicyclic amines) is 1. The molecular formula is C23H30N2O3. The highest BCUT2D eigenvalue weighted by Gasteiger charge is 2.26. The molecule has 5 nitrogen and oxygen atoms in total. The SMILES string of the molecule is C=CCOc1cccc2c1cc(C(=O)N1CCCCC1)n2CC1CCCCO1. The van der Waals surface area contributed by atoms with Crippen molar-refractivity contribution < 1.29 is 14.3 Å². The molecular weight excluding hydrogens is 352 g/mol. The Balaban J connectivity index is 1.72. The van der Waals surface area contributed by atoms with Crippen LogP contribution in [-0.4, -0.2) is 47.8 Å². The molecule has 0 radical (unpaired) electrons. The van der Waals surface area contributed by atoms with Crippen molar-refractivity contribution in [2.24, 2.45) is 0 Å². The van der Waals surface area contributed by atoms with Crippen molar-refractivity contribution in [3.05, 3.63) is 42.6 Å². The van der Waals surface area contributed by atoms with Crippen molar-refractivity contribution >= 4 is 16.8 Å². The number of hydrogen-bond acceptors (Lipinski definition) is 3. The molecule has 2 aliphatic rings. The van der Waals surface area contributed by atoms with Crippen LogP contribution in [0.15, 0.2) is 36.9 Å². The summed E-state index contributed by atoms with van der Waals surface area (Å²) in [5, 5.41) is 0.987. The molecule has 1 unspecified atom stereocenters. The van der Waals surface area contributed by atoms with Gasteiger partial charge in [0.2, 0.25) is 0 Å². The number of fused-ring (bicyclic) bond motifs is 1. The average molecular weight is 383 g/mol. The van der Waals surface area contributed by atoms with Gasteiger partial charge in [-0.25, -0.2) is 0 Å². The second-order valence-corrected chi connectivity index (χ2v) is 7.77. The molecule has 1 atom stereocenters. The second-order valence-electron chi connectivity index (χ2n) is 7.77. The van der Waals surface area contributed by atoms with Gasteiger partial charge in [-0.1, -0.05) is 18.7 Å². The molecule has 2 saturated heterocycles. The number of carbonyl (C=O) groups excluding carboxylic acids is 1. The molecule has 0 aliphatic carbocycles. The number of carbonyl (C=O) groups is 1. The first-order valence-corrected chi connectivity index (χ1v) is 10.5. The van der Waals surface area contributed by atoms with E-state index in [9.17, 15) is 4.79 Å². The van der Waals surface area contributed by atoms with E-state index in [2.05, 4.69) is 17.2 Å². The van der Waals surface area contributed by atoms with E-state index in [1.54, 1.807) is 6.08 Å². The van der Waals surface area contributed by atoms with Gasteiger partial charge < -0.3 is 18.9 Å². The lowest BCUT2D eigenvalue weighted by molar-refractivity contribution is 0.00617. The fourth-order valence-electron chi connectivity index (χ4n) is 4.32. The van der Waals surface area contributed by atoms with Gasteiger partial charge in [0, 0.05) is 31.6 Å². The zero-order chi connectivity index (χ0) is 19.3. The van der Waals surface area contributed by atoms with Crippen molar-refractivity contribution in [3.8, 4) is 5.75 Å². The Morgan fingerprint density at radius 3 is 2.82 bits per heavy atom. The molecule has 1 aromatic heterocycles. The van der Waals surface area contributed by atoms with Crippen molar-refractivity contribution in [2.45, 2.75) is 51.2 Å². The van der Waals surface area contributed by atoms with Crippen LogP contribution in [0.1, 0.15) is 49.0 Å². The maximum absolute atomic E-state index is 13.4. The first-order chi connectivity index (χ1) is 13.8. The highest BCUT2D eigenvalue weighted by molar-refractivity contribution is 6.00. The number of hydrogen-bond donors (Lipinski definition) is 0. The lowest BCUT2D eigenvalue weighted by Crippen LogP contribution is -2.37. The van der Waals surface area contributed by atoms with E-state index in [4.69, 9.17) is 9.47 Å². The molecule has 28 heavy (non-hydrogen) atoms. The van der Waals surface area contributed by atoms with Gasteiger partial charge in [0.1, 0.15) is 18.1 Å². The van der Waals surface area contributed by atoms with Crippen LogP contribution < -0.4 is 4.74 Å². The molecule has 0 N–H and O–H groups in total. The van der Waals surface area contributed by atoms with E-state index < -0.39 is 0 Å². The number of rotatable bonds is 6. The molecule has 1 aromatic carbocycles. The van der Waals surface area contributed by atoms with Crippen LogP contribution in [0.3, 0.4) is 0 Å². The first-order valence-electron chi connectivity index (χ1n) is 10.5. The minimum absolute atomic E-state index is 0.126. The van der Waals surface area contributed by atoms with E-state index >= 15 is 0 Å². The molecule has 2 fully saturated rings. The number of benzene rings is 1. The molecule has 3 heterocycles. The number of amides is 1. The summed E-state index contributed by atoms with van der Waals surface area (Å²) in [5.74, 6) is 0.926. The smallest absolute Gasteiger partial charge is 0.270 e. The third-order valence-corrected chi connectivity index (χ3v) is 5.79. The van der Waals surface area contributed by atoms with Gasteiger partial charge >= 0.3 is 0 Å². The van der Waals surface area contributed by atoms with E-state index in [1.807, 2.05) is 23.1 Å². The molecule has 2 aliphatic heterocycles. The normalized spacial score (nSPS) is 20.3. The van der Waals surface area contributed by atoms with Crippen LogP contribution in [0.25, 0.3) is 10.9 Å². The van der Waals surface area contributed by atoms with Gasteiger partial charge in [0.25, 0.3) is 5.91 Å². The third-order valence-electron chi connectivity index (χ3n) is 5.79. The van der Waals surface area contributed by atoms with E-state index in [-0.39, 0.29) is 12.0 Å². The zero-order valence-corrected chi connectivity index (χ0v) is 16.6.